The van der Waals surface area contributed by atoms with Crippen molar-refractivity contribution in [3.8, 4) is 22.7 Å². The molecule has 2 aromatic carbocycles. The minimum atomic E-state index is -1.17. The molecule has 8 heteroatoms. The molecule has 0 bridgehead atoms. The second kappa shape index (κ2) is 6.44. The number of carboxylic acids is 1. The highest BCUT2D eigenvalue weighted by atomic mass is 16.6. The molecule has 0 aliphatic carbocycles. The second-order valence-corrected chi connectivity index (χ2v) is 5.12. The smallest absolute Gasteiger partial charge is 0.339 e. The number of nitro groups is 1. The molecule has 0 amide bonds. The molecule has 0 saturated carbocycles. The van der Waals surface area contributed by atoms with Crippen LogP contribution in [0.15, 0.2) is 54.7 Å². The van der Waals surface area contributed by atoms with Crippen LogP contribution in [0.25, 0.3) is 16.9 Å². The van der Waals surface area contributed by atoms with Crippen molar-refractivity contribution in [3.63, 3.8) is 0 Å². The summed E-state index contributed by atoms with van der Waals surface area (Å²) in [5.74, 6) is -1.08. The van der Waals surface area contributed by atoms with Crippen molar-refractivity contribution in [1.82, 2.24) is 9.78 Å². The lowest BCUT2D eigenvalue weighted by atomic mass is 10.1. The molecule has 0 aliphatic rings. The number of rotatable bonds is 5. The number of carboxylic acid groups (broad SMARTS) is 1. The molecule has 3 aromatic rings. The molecule has 0 unspecified atom stereocenters. The summed E-state index contributed by atoms with van der Waals surface area (Å²) in [6.45, 7) is 0. The standard InChI is InChI=1S/C17H13N3O5/c1-25-15-8-7-11(9-14(15)20(23)24)16-13(17(21)22)10-19(18-16)12-5-3-2-4-6-12/h2-10H,1H3,(H,21,22). The van der Waals surface area contributed by atoms with Crippen molar-refractivity contribution < 1.29 is 19.6 Å². The highest BCUT2D eigenvalue weighted by Crippen LogP contribution is 2.33. The van der Waals surface area contributed by atoms with Gasteiger partial charge >= 0.3 is 11.7 Å². The zero-order chi connectivity index (χ0) is 18.0. The molecule has 0 fully saturated rings. The van der Waals surface area contributed by atoms with Gasteiger partial charge in [0.15, 0.2) is 5.75 Å². The quantitative estimate of drug-likeness (QED) is 0.565. The van der Waals surface area contributed by atoms with Crippen molar-refractivity contribution in [2.75, 3.05) is 7.11 Å². The van der Waals surface area contributed by atoms with E-state index in [-0.39, 0.29) is 22.7 Å². The van der Waals surface area contributed by atoms with E-state index in [2.05, 4.69) is 5.10 Å². The third-order valence-corrected chi connectivity index (χ3v) is 3.61. The van der Waals surface area contributed by atoms with Crippen LogP contribution in [0.3, 0.4) is 0 Å². The van der Waals surface area contributed by atoms with E-state index in [0.717, 1.165) is 0 Å². The molecular formula is C17H13N3O5. The van der Waals surface area contributed by atoms with E-state index in [0.29, 0.717) is 11.3 Å². The number of benzene rings is 2. The topological polar surface area (TPSA) is 107 Å². The van der Waals surface area contributed by atoms with Crippen LogP contribution in [0, 0.1) is 10.1 Å². The number of carbonyl (C=O) groups is 1. The van der Waals surface area contributed by atoms with Gasteiger partial charge in [0.2, 0.25) is 0 Å². The Kier molecular flexibility index (Phi) is 4.17. The first-order valence-electron chi connectivity index (χ1n) is 7.22. The Bertz CT molecular complexity index is 950. The fourth-order valence-corrected chi connectivity index (χ4v) is 2.44. The summed E-state index contributed by atoms with van der Waals surface area (Å²) in [5, 5.41) is 24.9. The number of aromatic carboxylic acids is 1. The average Bonchev–Trinajstić information content (AvgIpc) is 3.07. The summed E-state index contributed by atoms with van der Waals surface area (Å²) >= 11 is 0. The van der Waals surface area contributed by atoms with Crippen LogP contribution in [-0.2, 0) is 0 Å². The summed E-state index contributed by atoms with van der Waals surface area (Å²) in [4.78, 5) is 22.2. The van der Waals surface area contributed by atoms with Gasteiger partial charge in [0, 0.05) is 17.8 Å². The number of nitro benzene ring substituents is 1. The maximum atomic E-state index is 11.6. The first kappa shape index (κ1) is 16.2. The highest BCUT2D eigenvalue weighted by molar-refractivity contribution is 5.95. The Morgan fingerprint density at radius 3 is 2.56 bits per heavy atom. The van der Waals surface area contributed by atoms with Gasteiger partial charge in [0.25, 0.3) is 0 Å². The van der Waals surface area contributed by atoms with Crippen molar-refractivity contribution in [2.45, 2.75) is 0 Å². The number of hydrogen-bond donors (Lipinski definition) is 1. The third kappa shape index (κ3) is 3.05. The van der Waals surface area contributed by atoms with E-state index < -0.39 is 10.9 Å². The summed E-state index contributed by atoms with van der Waals surface area (Å²) in [6, 6.07) is 13.2. The van der Waals surface area contributed by atoms with Crippen LogP contribution in [0.5, 0.6) is 5.75 Å². The average molecular weight is 339 g/mol. The summed E-state index contributed by atoms with van der Waals surface area (Å²) in [6.07, 6.45) is 1.38. The number of nitrogens with zero attached hydrogens (tertiary/aromatic N) is 3. The van der Waals surface area contributed by atoms with Crippen LogP contribution in [-0.4, -0.2) is 32.9 Å². The Hall–Kier alpha value is -3.68. The molecule has 8 nitrogen and oxygen atoms in total. The van der Waals surface area contributed by atoms with E-state index in [1.807, 2.05) is 6.07 Å². The molecule has 0 radical (unpaired) electrons. The zero-order valence-corrected chi connectivity index (χ0v) is 13.1. The van der Waals surface area contributed by atoms with Gasteiger partial charge in [-0.3, -0.25) is 10.1 Å². The van der Waals surface area contributed by atoms with Gasteiger partial charge in [0.05, 0.1) is 17.7 Å². The molecule has 0 atom stereocenters. The fraction of sp³-hybridized carbons (Fsp3) is 0.0588. The lowest BCUT2D eigenvalue weighted by Gasteiger charge is -2.04. The molecule has 0 aliphatic heterocycles. The Morgan fingerprint density at radius 2 is 1.96 bits per heavy atom. The number of aromatic nitrogens is 2. The third-order valence-electron chi connectivity index (χ3n) is 3.61. The minimum Gasteiger partial charge on any atom is -0.490 e. The lowest BCUT2D eigenvalue weighted by Crippen LogP contribution is -1.98. The number of hydrogen-bond acceptors (Lipinski definition) is 5. The first-order chi connectivity index (χ1) is 12.0. The maximum Gasteiger partial charge on any atom is 0.339 e. The normalized spacial score (nSPS) is 10.4. The van der Waals surface area contributed by atoms with E-state index >= 15 is 0 Å². The van der Waals surface area contributed by atoms with E-state index in [4.69, 9.17) is 4.74 Å². The van der Waals surface area contributed by atoms with Gasteiger partial charge in [-0.05, 0) is 24.3 Å². The molecule has 0 saturated heterocycles. The van der Waals surface area contributed by atoms with E-state index in [1.54, 1.807) is 24.3 Å². The molecule has 1 N–H and O–H groups in total. The first-order valence-corrected chi connectivity index (χ1v) is 7.22. The summed E-state index contributed by atoms with van der Waals surface area (Å²) in [5.41, 5.74) is 0.829. The molecular weight excluding hydrogens is 326 g/mol. The predicted octanol–water partition coefficient (Wildman–Crippen LogP) is 3.15. The highest BCUT2D eigenvalue weighted by Gasteiger charge is 2.22. The van der Waals surface area contributed by atoms with Gasteiger partial charge in [0.1, 0.15) is 11.3 Å². The fourth-order valence-electron chi connectivity index (χ4n) is 2.44. The molecule has 1 aromatic heterocycles. The van der Waals surface area contributed by atoms with Gasteiger partial charge in [-0.1, -0.05) is 18.2 Å². The number of methoxy groups -OCH3 is 1. The minimum absolute atomic E-state index is 0.0525. The van der Waals surface area contributed by atoms with Crippen LogP contribution < -0.4 is 4.74 Å². The summed E-state index contributed by atoms with van der Waals surface area (Å²) < 4.78 is 6.39. The Labute approximate surface area is 142 Å². The van der Waals surface area contributed by atoms with Crippen LogP contribution in [0.4, 0.5) is 5.69 Å². The van der Waals surface area contributed by atoms with Crippen molar-refractivity contribution in [1.29, 1.82) is 0 Å². The van der Waals surface area contributed by atoms with Crippen LogP contribution in [0.1, 0.15) is 10.4 Å². The van der Waals surface area contributed by atoms with Crippen LogP contribution >= 0.6 is 0 Å². The molecule has 126 valence electrons. The van der Waals surface area contributed by atoms with Gasteiger partial charge in [-0.15, -0.1) is 0 Å². The largest absolute Gasteiger partial charge is 0.490 e. The molecule has 25 heavy (non-hydrogen) atoms. The Balaban J connectivity index is 2.17. The second-order valence-electron chi connectivity index (χ2n) is 5.12. The Morgan fingerprint density at radius 1 is 1.24 bits per heavy atom. The number of para-hydroxylation sites is 1. The maximum absolute atomic E-state index is 11.6. The van der Waals surface area contributed by atoms with E-state index in [9.17, 15) is 20.0 Å². The molecule has 0 spiro atoms. The SMILES string of the molecule is COc1ccc(-c2nn(-c3ccccc3)cc2C(=O)O)cc1[N+](=O)[O-]. The molecule has 3 rings (SSSR count). The van der Waals surface area contributed by atoms with Gasteiger partial charge < -0.3 is 9.84 Å². The van der Waals surface area contributed by atoms with Gasteiger partial charge in [-0.25, -0.2) is 9.48 Å². The zero-order valence-electron chi connectivity index (χ0n) is 13.1. The van der Waals surface area contributed by atoms with Crippen molar-refractivity contribution in [2.24, 2.45) is 0 Å². The van der Waals surface area contributed by atoms with Crippen molar-refractivity contribution >= 4 is 11.7 Å². The monoisotopic (exact) mass is 339 g/mol. The van der Waals surface area contributed by atoms with Gasteiger partial charge in [-0.2, -0.15) is 5.10 Å². The predicted molar refractivity (Wildman–Crippen MR) is 89.2 cm³/mol. The van der Waals surface area contributed by atoms with Crippen LogP contribution in [0.2, 0.25) is 0 Å². The van der Waals surface area contributed by atoms with Crippen molar-refractivity contribution in [3.05, 3.63) is 70.4 Å². The molecule has 1 heterocycles. The van der Waals surface area contributed by atoms with E-state index in [1.165, 1.54) is 36.2 Å². The lowest BCUT2D eigenvalue weighted by molar-refractivity contribution is -0.385. The summed E-state index contributed by atoms with van der Waals surface area (Å²) in [7, 11) is 1.33. The number of ether oxygens (including phenoxy) is 1.